The van der Waals surface area contributed by atoms with E-state index in [0.29, 0.717) is 34.9 Å². The van der Waals surface area contributed by atoms with E-state index in [2.05, 4.69) is 24.5 Å². The van der Waals surface area contributed by atoms with E-state index in [-0.39, 0.29) is 11.7 Å². The molecular formula is C33H49N3O6. The second-order valence-corrected chi connectivity index (χ2v) is 12.6. The molecule has 0 saturated heterocycles. The van der Waals surface area contributed by atoms with Crippen LogP contribution in [-0.4, -0.2) is 52.7 Å². The number of phenols is 1. The summed E-state index contributed by atoms with van der Waals surface area (Å²) in [6, 6.07) is 9.43. The van der Waals surface area contributed by atoms with Gasteiger partial charge in [0.25, 0.3) is 5.91 Å². The van der Waals surface area contributed by atoms with Gasteiger partial charge in [-0.1, -0.05) is 45.9 Å². The number of hydrogen-bond donors (Lipinski definition) is 3. The molecule has 3 atom stereocenters. The highest BCUT2D eigenvalue weighted by Gasteiger charge is 2.41. The Morgan fingerprint density at radius 1 is 0.952 bits per heavy atom. The molecule has 9 nitrogen and oxygen atoms in total. The number of nitrogens with one attached hydrogen (secondary N) is 2. The summed E-state index contributed by atoms with van der Waals surface area (Å²) in [5, 5.41) is 16.8. The molecule has 232 valence electrons. The van der Waals surface area contributed by atoms with E-state index < -0.39 is 41.6 Å². The molecule has 0 aliphatic rings. The lowest BCUT2D eigenvalue weighted by atomic mass is 9.93. The Labute approximate surface area is 251 Å². The molecule has 3 amide bonds. The summed E-state index contributed by atoms with van der Waals surface area (Å²) in [5.41, 5.74) is 0.620. The normalized spacial score (nSPS) is 13.7. The Morgan fingerprint density at radius 3 is 2.10 bits per heavy atom. The third-order valence-electron chi connectivity index (χ3n) is 6.94. The standard InChI is InChI=1S/C33H49N3O6/c1-20(2)14-15-23(6)36(31(39)27(21(3)4)35-32(40)42-33(7,8)9)28(26-13-11-12-22(5)29(26)37)30(38)34-24-16-18-25(41-10)19-17-24/h11-13,16-21,23,27-28,37H,14-15H2,1-10H3,(H,34,38)(H,35,40). The Bertz CT molecular complexity index is 1200. The van der Waals surface area contributed by atoms with Gasteiger partial charge in [0.15, 0.2) is 0 Å². The van der Waals surface area contributed by atoms with Crippen LogP contribution in [0.25, 0.3) is 0 Å². The molecule has 9 heteroatoms. The maximum Gasteiger partial charge on any atom is 0.408 e. The number of methoxy groups -OCH3 is 1. The van der Waals surface area contributed by atoms with Crippen LogP contribution in [0.2, 0.25) is 0 Å². The summed E-state index contributed by atoms with van der Waals surface area (Å²) in [4.78, 5) is 43.0. The Hall–Kier alpha value is -3.75. The number of amides is 3. The van der Waals surface area contributed by atoms with Gasteiger partial charge in [-0.05, 0) is 89.1 Å². The molecule has 0 aliphatic carbocycles. The monoisotopic (exact) mass is 583 g/mol. The predicted molar refractivity (Wildman–Crippen MR) is 166 cm³/mol. The molecule has 0 spiro atoms. The number of carbonyl (C=O) groups excluding carboxylic acids is 3. The predicted octanol–water partition coefficient (Wildman–Crippen LogP) is 6.59. The number of alkyl carbamates (subject to hydrolysis) is 1. The molecule has 42 heavy (non-hydrogen) atoms. The third kappa shape index (κ3) is 9.67. The second-order valence-electron chi connectivity index (χ2n) is 12.6. The van der Waals surface area contributed by atoms with Crippen LogP contribution < -0.4 is 15.4 Å². The van der Waals surface area contributed by atoms with Crippen molar-refractivity contribution in [2.24, 2.45) is 11.8 Å². The number of benzene rings is 2. The van der Waals surface area contributed by atoms with Crippen molar-refractivity contribution in [3.8, 4) is 11.5 Å². The number of hydrogen-bond acceptors (Lipinski definition) is 6. The number of nitrogens with zero attached hydrogens (tertiary/aromatic N) is 1. The average Bonchev–Trinajstić information content (AvgIpc) is 2.89. The molecule has 0 aliphatic heterocycles. The van der Waals surface area contributed by atoms with Crippen molar-refractivity contribution in [1.82, 2.24) is 10.2 Å². The largest absolute Gasteiger partial charge is 0.507 e. The number of phenolic OH excluding ortho intramolecular Hbond substituents is 1. The first-order valence-electron chi connectivity index (χ1n) is 14.6. The lowest BCUT2D eigenvalue weighted by Crippen LogP contribution is -2.56. The fourth-order valence-electron chi connectivity index (χ4n) is 4.63. The van der Waals surface area contributed by atoms with Crippen molar-refractivity contribution >= 4 is 23.6 Å². The van der Waals surface area contributed by atoms with E-state index in [1.54, 1.807) is 77.3 Å². The number of aromatic hydroxyl groups is 1. The van der Waals surface area contributed by atoms with Crippen LogP contribution >= 0.6 is 0 Å². The summed E-state index contributed by atoms with van der Waals surface area (Å²) in [7, 11) is 1.56. The molecule has 0 fully saturated rings. The molecule has 2 rings (SSSR count). The molecular weight excluding hydrogens is 534 g/mol. The molecule has 0 saturated carbocycles. The zero-order chi connectivity index (χ0) is 31.8. The lowest BCUT2D eigenvalue weighted by Gasteiger charge is -2.39. The van der Waals surface area contributed by atoms with Crippen molar-refractivity contribution in [2.75, 3.05) is 12.4 Å². The smallest absolute Gasteiger partial charge is 0.408 e. The molecule has 2 aromatic carbocycles. The quantitative estimate of drug-likeness (QED) is 0.259. The van der Waals surface area contributed by atoms with Gasteiger partial charge in [-0.25, -0.2) is 4.79 Å². The summed E-state index contributed by atoms with van der Waals surface area (Å²) in [6.45, 7) is 16.7. The van der Waals surface area contributed by atoms with Gasteiger partial charge >= 0.3 is 6.09 Å². The number of ether oxygens (including phenoxy) is 2. The van der Waals surface area contributed by atoms with Crippen molar-refractivity contribution < 1.29 is 29.0 Å². The minimum absolute atomic E-state index is 0.0672. The van der Waals surface area contributed by atoms with E-state index in [4.69, 9.17) is 9.47 Å². The molecule has 2 aromatic rings. The first kappa shape index (κ1) is 34.5. The van der Waals surface area contributed by atoms with Crippen molar-refractivity contribution in [3.05, 3.63) is 53.6 Å². The summed E-state index contributed by atoms with van der Waals surface area (Å²) in [6.07, 6.45) is 0.699. The zero-order valence-corrected chi connectivity index (χ0v) is 26.8. The van der Waals surface area contributed by atoms with Gasteiger partial charge in [0.1, 0.15) is 29.2 Å². The molecule has 0 radical (unpaired) electrons. The van der Waals surface area contributed by atoms with Crippen LogP contribution in [0.4, 0.5) is 10.5 Å². The summed E-state index contributed by atoms with van der Waals surface area (Å²) >= 11 is 0. The first-order valence-corrected chi connectivity index (χ1v) is 14.6. The van der Waals surface area contributed by atoms with Crippen LogP contribution in [0.5, 0.6) is 11.5 Å². The minimum Gasteiger partial charge on any atom is -0.507 e. The number of aryl methyl sites for hydroxylation is 1. The molecule has 0 aromatic heterocycles. The molecule has 0 heterocycles. The van der Waals surface area contributed by atoms with Gasteiger partial charge in [-0.15, -0.1) is 0 Å². The van der Waals surface area contributed by atoms with Gasteiger partial charge in [0, 0.05) is 17.3 Å². The highest BCUT2D eigenvalue weighted by Crippen LogP contribution is 2.35. The summed E-state index contributed by atoms with van der Waals surface area (Å²) < 4.78 is 10.7. The van der Waals surface area contributed by atoms with Crippen LogP contribution in [0.1, 0.15) is 85.4 Å². The minimum atomic E-state index is -1.19. The fourth-order valence-corrected chi connectivity index (χ4v) is 4.63. The summed E-state index contributed by atoms with van der Waals surface area (Å²) in [5.74, 6) is -0.325. The maximum atomic E-state index is 14.5. The first-order chi connectivity index (χ1) is 19.5. The van der Waals surface area contributed by atoms with Crippen molar-refractivity contribution in [1.29, 1.82) is 0 Å². The Balaban J connectivity index is 2.66. The topological polar surface area (TPSA) is 117 Å². The van der Waals surface area contributed by atoms with Gasteiger partial charge < -0.3 is 30.1 Å². The highest BCUT2D eigenvalue weighted by atomic mass is 16.6. The maximum absolute atomic E-state index is 14.5. The zero-order valence-electron chi connectivity index (χ0n) is 26.8. The van der Waals surface area contributed by atoms with Gasteiger partial charge in [0.2, 0.25) is 5.91 Å². The third-order valence-corrected chi connectivity index (χ3v) is 6.94. The number of anilines is 1. The second kappa shape index (κ2) is 14.9. The number of para-hydroxylation sites is 1. The van der Waals surface area contributed by atoms with E-state index in [1.165, 1.54) is 4.90 Å². The van der Waals surface area contributed by atoms with E-state index >= 15 is 0 Å². The fraction of sp³-hybridized carbons (Fsp3) is 0.545. The van der Waals surface area contributed by atoms with Crippen LogP contribution in [0.3, 0.4) is 0 Å². The van der Waals surface area contributed by atoms with Gasteiger partial charge in [-0.2, -0.15) is 0 Å². The van der Waals surface area contributed by atoms with Crippen LogP contribution in [-0.2, 0) is 14.3 Å². The Morgan fingerprint density at radius 2 is 1.57 bits per heavy atom. The van der Waals surface area contributed by atoms with Crippen molar-refractivity contribution in [3.63, 3.8) is 0 Å². The van der Waals surface area contributed by atoms with E-state index in [1.807, 2.05) is 20.8 Å². The SMILES string of the molecule is COc1ccc(NC(=O)C(c2cccc(C)c2O)N(C(=O)C(NC(=O)OC(C)(C)C)C(C)C)C(C)CCC(C)C)cc1. The molecule has 0 bridgehead atoms. The van der Waals surface area contributed by atoms with E-state index in [9.17, 15) is 19.5 Å². The van der Waals surface area contributed by atoms with Crippen LogP contribution in [0.15, 0.2) is 42.5 Å². The Kier molecular flexibility index (Phi) is 12.3. The van der Waals surface area contributed by atoms with Gasteiger partial charge in [-0.3, -0.25) is 9.59 Å². The number of carbonyl (C=O) groups is 3. The molecule has 3 unspecified atom stereocenters. The number of rotatable bonds is 12. The van der Waals surface area contributed by atoms with Gasteiger partial charge in [0.05, 0.1) is 7.11 Å². The highest BCUT2D eigenvalue weighted by molar-refractivity contribution is 5.99. The van der Waals surface area contributed by atoms with E-state index in [0.717, 1.165) is 6.42 Å². The lowest BCUT2D eigenvalue weighted by molar-refractivity contribution is -0.144. The van der Waals surface area contributed by atoms with Crippen LogP contribution in [0, 0.1) is 18.8 Å². The van der Waals surface area contributed by atoms with Crippen molar-refractivity contribution in [2.45, 2.75) is 98.9 Å². The molecule has 3 N–H and O–H groups in total. The average molecular weight is 584 g/mol.